The van der Waals surface area contributed by atoms with Gasteiger partial charge in [0, 0.05) is 49.9 Å². The van der Waals surface area contributed by atoms with Crippen LogP contribution in [0.1, 0.15) is 47.1 Å². The van der Waals surface area contributed by atoms with Crippen LogP contribution in [0.4, 0.5) is 0 Å². The summed E-state index contributed by atoms with van der Waals surface area (Å²) < 4.78 is 5.42. The summed E-state index contributed by atoms with van der Waals surface area (Å²) in [6.45, 7) is 9.44. The molecule has 0 saturated carbocycles. The fourth-order valence-electron chi connectivity index (χ4n) is 3.38. The first-order valence-electron chi connectivity index (χ1n) is 8.81. The molecule has 0 atom stereocenters. The predicted octanol–water partition coefficient (Wildman–Crippen LogP) is 3.61. The summed E-state index contributed by atoms with van der Waals surface area (Å²) in [5.41, 5.74) is 6.46. The Morgan fingerprint density at radius 3 is 2.79 bits per heavy atom. The minimum absolute atomic E-state index is 0.937. The number of hydrogen-bond donors (Lipinski definition) is 0. The molecule has 128 valence electrons. The van der Waals surface area contributed by atoms with Crippen molar-refractivity contribution >= 4 is 0 Å². The molecule has 2 heterocycles. The van der Waals surface area contributed by atoms with Crippen molar-refractivity contribution < 1.29 is 4.74 Å². The van der Waals surface area contributed by atoms with Crippen LogP contribution < -0.4 is 4.74 Å². The van der Waals surface area contributed by atoms with Crippen molar-refractivity contribution in [2.45, 2.75) is 53.1 Å². The van der Waals surface area contributed by atoms with Crippen molar-refractivity contribution in [1.29, 1.82) is 0 Å². The minimum Gasteiger partial charge on any atom is -0.496 e. The zero-order chi connectivity index (χ0) is 17.1. The lowest BCUT2D eigenvalue weighted by molar-refractivity contribution is 0.242. The highest BCUT2D eigenvalue weighted by atomic mass is 16.5. The molecule has 0 radical (unpaired) electrons. The molecule has 1 aromatic carbocycles. The van der Waals surface area contributed by atoms with Gasteiger partial charge in [0.25, 0.3) is 0 Å². The van der Waals surface area contributed by atoms with Gasteiger partial charge in [0.2, 0.25) is 0 Å². The molecular weight excluding hydrogens is 298 g/mol. The topological polar surface area (TPSA) is 38.2 Å². The highest BCUT2D eigenvalue weighted by molar-refractivity contribution is 5.43. The molecule has 0 saturated heterocycles. The second-order valence-electron chi connectivity index (χ2n) is 6.65. The molecule has 1 aromatic heterocycles. The van der Waals surface area contributed by atoms with E-state index in [4.69, 9.17) is 9.72 Å². The van der Waals surface area contributed by atoms with Crippen LogP contribution in [0.3, 0.4) is 0 Å². The maximum atomic E-state index is 5.42. The van der Waals surface area contributed by atoms with Crippen LogP contribution in [0.2, 0.25) is 0 Å². The van der Waals surface area contributed by atoms with E-state index < -0.39 is 0 Å². The van der Waals surface area contributed by atoms with Crippen molar-refractivity contribution in [3.05, 3.63) is 52.1 Å². The average molecular weight is 325 g/mol. The summed E-state index contributed by atoms with van der Waals surface area (Å²) in [7, 11) is 1.73. The zero-order valence-electron chi connectivity index (χ0n) is 15.2. The van der Waals surface area contributed by atoms with E-state index in [1.807, 2.05) is 6.20 Å². The van der Waals surface area contributed by atoms with E-state index in [2.05, 4.69) is 42.8 Å². The van der Waals surface area contributed by atoms with Gasteiger partial charge in [0.15, 0.2) is 0 Å². The maximum Gasteiger partial charge on any atom is 0.128 e. The number of rotatable bonds is 5. The van der Waals surface area contributed by atoms with E-state index in [1.165, 1.54) is 27.9 Å². The third-order valence-corrected chi connectivity index (χ3v) is 5.00. The summed E-state index contributed by atoms with van der Waals surface area (Å²) in [5, 5.41) is 0. The summed E-state index contributed by atoms with van der Waals surface area (Å²) in [4.78, 5) is 11.8. The Morgan fingerprint density at radius 2 is 2.04 bits per heavy atom. The van der Waals surface area contributed by atoms with Gasteiger partial charge in [-0.25, -0.2) is 9.97 Å². The van der Waals surface area contributed by atoms with Gasteiger partial charge in [-0.3, -0.25) is 4.90 Å². The number of benzene rings is 1. The first kappa shape index (κ1) is 16.9. The van der Waals surface area contributed by atoms with E-state index in [1.54, 1.807) is 7.11 Å². The Bertz CT molecular complexity index is 727. The molecule has 0 fully saturated rings. The predicted molar refractivity (Wildman–Crippen MR) is 96.3 cm³/mol. The molecule has 0 spiro atoms. The normalized spacial score (nSPS) is 14.5. The number of ether oxygens (including phenoxy) is 1. The second kappa shape index (κ2) is 7.31. The average Bonchev–Trinajstić information content (AvgIpc) is 2.59. The van der Waals surface area contributed by atoms with Gasteiger partial charge < -0.3 is 4.74 Å². The van der Waals surface area contributed by atoms with E-state index >= 15 is 0 Å². The lowest BCUT2D eigenvalue weighted by Gasteiger charge is -2.29. The summed E-state index contributed by atoms with van der Waals surface area (Å²) in [5.74, 6) is 1.96. The van der Waals surface area contributed by atoms with Gasteiger partial charge in [0.05, 0.1) is 7.11 Å². The molecule has 0 unspecified atom stereocenters. The van der Waals surface area contributed by atoms with Crippen molar-refractivity contribution in [2.75, 3.05) is 13.7 Å². The lowest BCUT2D eigenvalue weighted by atomic mass is 10.0. The largest absolute Gasteiger partial charge is 0.496 e. The first-order chi connectivity index (χ1) is 11.6. The number of fused-ring (bicyclic) bond motifs is 1. The third-order valence-electron chi connectivity index (χ3n) is 5.00. The Hall–Kier alpha value is -1.94. The summed E-state index contributed by atoms with van der Waals surface area (Å²) >= 11 is 0. The van der Waals surface area contributed by atoms with Crippen molar-refractivity contribution in [3.8, 4) is 5.75 Å². The number of aryl methyl sites for hydroxylation is 1. The fraction of sp³-hybridized carbons (Fsp3) is 0.500. The van der Waals surface area contributed by atoms with Gasteiger partial charge in [-0.05, 0) is 43.0 Å². The molecule has 4 heteroatoms. The van der Waals surface area contributed by atoms with Gasteiger partial charge in [0.1, 0.15) is 11.6 Å². The van der Waals surface area contributed by atoms with Crippen molar-refractivity contribution in [3.63, 3.8) is 0 Å². The molecule has 24 heavy (non-hydrogen) atoms. The lowest BCUT2D eigenvalue weighted by Crippen LogP contribution is -2.31. The fourth-order valence-corrected chi connectivity index (χ4v) is 3.38. The second-order valence-corrected chi connectivity index (χ2v) is 6.65. The van der Waals surface area contributed by atoms with Gasteiger partial charge >= 0.3 is 0 Å². The number of nitrogens with zero attached hydrogens (tertiary/aromatic N) is 3. The van der Waals surface area contributed by atoms with Crippen LogP contribution >= 0.6 is 0 Å². The molecule has 0 N–H and O–H groups in total. The minimum atomic E-state index is 0.937. The summed E-state index contributed by atoms with van der Waals surface area (Å²) in [6.07, 6.45) is 5.12. The number of hydrogen-bond acceptors (Lipinski definition) is 4. The highest BCUT2D eigenvalue weighted by Crippen LogP contribution is 2.26. The van der Waals surface area contributed by atoms with Gasteiger partial charge in [-0.15, -0.1) is 0 Å². The monoisotopic (exact) mass is 325 g/mol. The molecule has 1 aliphatic rings. The Balaban J connectivity index is 1.73. The summed E-state index contributed by atoms with van der Waals surface area (Å²) in [6, 6.07) is 4.27. The van der Waals surface area contributed by atoms with Crippen molar-refractivity contribution in [2.24, 2.45) is 0 Å². The van der Waals surface area contributed by atoms with E-state index in [9.17, 15) is 0 Å². The number of aromatic nitrogens is 2. The van der Waals surface area contributed by atoms with Crippen LogP contribution in [0, 0.1) is 13.8 Å². The zero-order valence-corrected chi connectivity index (χ0v) is 15.2. The molecule has 2 aromatic rings. The Kier molecular flexibility index (Phi) is 5.14. The van der Waals surface area contributed by atoms with Crippen LogP contribution in [-0.4, -0.2) is 28.5 Å². The quantitative estimate of drug-likeness (QED) is 0.842. The molecule has 0 bridgehead atoms. The van der Waals surface area contributed by atoms with Gasteiger partial charge in [-0.2, -0.15) is 0 Å². The Morgan fingerprint density at radius 1 is 1.21 bits per heavy atom. The van der Waals surface area contributed by atoms with E-state index in [0.717, 1.165) is 50.5 Å². The van der Waals surface area contributed by atoms with Crippen LogP contribution in [0.5, 0.6) is 5.75 Å². The number of methoxy groups -OCH3 is 1. The van der Waals surface area contributed by atoms with E-state index in [-0.39, 0.29) is 0 Å². The molecule has 0 aliphatic carbocycles. The standard InChI is InChI=1S/C20H27N3O/c1-5-6-20-21-11-17-13-23(10-9-18(17)22-20)12-16-7-8-19(24-4)15(3)14(16)2/h7-8,11H,5-6,9-10,12-13H2,1-4H3. The molecular formula is C20H27N3O. The van der Waals surface area contributed by atoms with Crippen LogP contribution in [0.15, 0.2) is 18.3 Å². The highest BCUT2D eigenvalue weighted by Gasteiger charge is 2.19. The SMILES string of the molecule is CCCc1ncc2c(n1)CCN(Cc1ccc(OC)c(C)c1C)C2. The van der Waals surface area contributed by atoms with Crippen LogP contribution in [0.25, 0.3) is 0 Å². The Labute approximate surface area is 144 Å². The molecule has 0 amide bonds. The van der Waals surface area contributed by atoms with Crippen LogP contribution in [-0.2, 0) is 25.9 Å². The van der Waals surface area contributed by atoms with E-state index in [0.29, 0.717) is 0 Å². The molecule has 1 aliphatic heterocycles. The maximum absolute atomic E-state index is 5.42. The third kappa shape index (κ3) is 3.44. The van der Waals surface area contributed by atoms with Crippen molar-refractivity contribution in [1.82, 2.24) is 14.9 Å². The molecule has 3 rings (SSSR count). The molecule has 4 nitrogen and oxygen atoms in total. The van der Waals surface area contributed by atoms with Gasteiger partial charge in [-0.1, -0.05) is 13.0 Å². The smallest absolute Gasteiger partial charge is 0.128 e. The first-order valence-corrected chi connectivity index (χ1v) is 8.81.